The van der Waals surface area contributed by atoms with Crippen LogP contribution in [-0.2, 0) is 14.3 Å². The molecule has 2 N–H and O–H groups in total. The lowest BCUT2D eigenvalue weighted by Gasteiger charge is -2.21. The third kappa shape index (κ3) is 5.90. The van der Waals surface area contributed by atoms with Gasteiger partial charge < -0.3 is 20.3 Å². The number of hydrogen-bond acceptors (Lipinski definition) is 4. The van der Waals surface area contributed by atoms with Gasteiger partial charge in [-0.1, -0.05) is 0 Å². The number of ether oxygens (including phenoxy) is 1. The molecule has 0 aromatic heterocycles. The Labute approximate surface area is 137 Å². The lowest BCUT2D eigenvalue weighted by molar-refractivity contribution is -0.127. The van der Waals surface area contributed by atoms with Gasteiger partial charge in [-0.15, -0.1) is 0 Å². The fraction of sp³-hybridized carbons (Fsp3) is 0.529. The Balaban J connectivity index is 1.70. The average molecular weight is 319 g/mol. The SMILES string of the molecule is CN(C)c1ccc(NC(=O)CNC(=O)CC2CCCCO2)cc1. The zero-order chi connectivity index (χ0) is 16.7. The van der Waals surface area contributed by atoms with Gasteiger partial charge in [-0.3, -0.25) is 9.59 Å². The molecule has 6 heteroatoms. The quantitative estimate of drug-likeness (QED) is 0.838. The van der Waals surface area contributed by atoms with E-state index in [9.17, 15) is 9.59 Å². The van der Waals surface area contributed by atoms with E-state index in [1.54, 1.807) is 0 Å². The first-order valence-corrected chi connectivity index (χ1v) is 8.00. The fourth-order valence-electron chi connectivity index (χ4n) is 2.47. The van der Waals surface area contributed by atoms with Gasteiger partial charge in [-0.2, -0.15) is 0 Å². The van der Waals surface area contributed by atoms with Crippen LogP contribution in [0.3, 0.4) is 0 Å². The van der Waals surface area contributed by atoms with E-state index < -0.39 is 0 Å². The summed E-state index contributed by atoms with van der Waals surface area (Å²) in [7, 11) is 3.91. The van der Waals surface area contributed by atoms with Crippen LogP contribution in [0.4, 0.5) is 11.4 Å². The molecule has 2 rings (SSSR count). The van der Waals surface area contributed by atoms with Gasteiger partial charge in [0.05, 0.1) is 19.1 Å². The smallest absolute Gasteiger partial charge is 0.243 e. The summed E-state index contributed by atoms with van der Waals surface area (Å²) >= 11 is 0. The Morgan fingerprint density at radius 1 is 1.17 bits per heavy atom. The standard InChI is InChI=1S/C17H25N3O3/c1-20(2)14-8-6-13(7-9-14)19-17(22)12-18-16(21)11-15-5-3-4-10-23-15/h6-9,15H,3-5,10-12H2,1-2H3,(H,18,21)(H,19,22). The van der Waals surface area contributed by atoms with Crippen LogP contribution >= 0.6 is 0 Å². The normalized spacial score (nSPS) is 17.4. The molecule has 1 fully saturated rings. The van der Waals surface area contributed by atoms with Crippen molar-refractivity contribution in [1.29, 1.82) is 0 Å². The highest BCUT2D eigenvalue weighted by molar-refractivity contribution is 5.94. The molecule has 126 valence electrons. The van der Waals surface area contributed by atoms with Crippen molar-refractivity contribution in [3.63, 3.8) is 0 Å². The summed E-state index contributed by atoms with van der Waals surface area (Å²) < 4.78 is 5.52. The third-order valence-electron chi connectivity index (χ3n) is 3.80. The van der Waals surface area contributed by atoms with Crippen LogP contribution < -0.4 is 15.5 Å². The number of anilines is 2. The van der Waals surface area contributed by atoms with Gasteiger partial charge in [0.15, 0.2) is 0 Å². The van der Waals surface area contributed by atoms with Crippen LogP contribution in [0, 0.1) is 0 Å². The summed E-state index contributed by atoms with van der Waals surface area (Å²) in [4.78, 5) is 25.7. The maximum atomic E-state index is 11.9. The van der Waals surface area contributed by atoms with Gasteiger partial charge in [-0.05, 0) is 43.5 Å². The topological polar surface area (TPSA) is 70.7 Å². The van der Waals surface area contributed by atoms with E-state index in [2.05, 4.69) is 10.6 Å². The molecule has 23 heavy (non-hydrogen) atoms. The van der Waals surface area contributed by atoms with E-state index >= 15 is 0 Å². The van der Waals surface area contributed by atoms with E-state index in [-0.39, 0.29) is 24.5 Å². The Kier molecular flexibility index (Phi) is 6.40. The van der Waals surface area contributed by atoms with Crippen LogP contribution in [0.25, 0.3) is 0 Å². The number of nitrogens with zero attached hydrogens (tertiary/aromatic N) is 1. The van der Waals surface area contributed by atoms with Crippen LogP contribution in [0.5, 0.6) is 0 Å². The molecule has 0 spiro atoms. The highest BCUT2D eigenvalue weighted by Crippen LogP contribution is 2.16. The molecule has 2 amide bonds. The highest BCUT2D eigenvalue weighted by atomic mass is 16.5. The van der Waals surface area contributed by atoms with Gasteiger partial charge in [-0.25, -0.2) is 0 Å². The molecular weight excluding hydrogens is 294 g/mol. The summed E-state index contributed by atoms with van der Waals surface area (Å²) in [6.45, 7) is 0.697. The van der Waals surface area contributed by atoms with Crippen LogP contribution in [0.15, 0.2) is 24.3 Å². The third-order valence-corrected chi connectivity index (χ3v) is 3.80. The zero-order valence-corrected chi connectivity index (χ0v) is 13.8. The highest BCUT2D eigenvalue weighted by Gasteiger charge is 2.17. The molecule has 0 saturated carbocycles. The van der Waals surface area contributed by atoms with Crippen LogP contribution in [0.2, 0.25) is 0 Å². The predicted octanol–water partition coefficient (Wildman–Crippen LogP) is 1.77. The minimum absolute atomic E-state index is 0.00890. The summed E-state index contributed by atoms with van der Waals surface area (Å²) in [5.74, 6) is -0.379. The van der Waals surface area contributed by atoms with Crippen molar-refractivity contribution in [2.45, 2.75) is 31.8 Å². The van der Waals surface area contributed by atoms with E-state index in [1.165, 1.54) is 0 Å². The van der Waals surface area contributed by atoms with Gasteiger partial charge >= 0.3 is 0 Å². The second kappa shape index (κ2) is 8.53. The zero-order valence-electron chi connectivity index (χ0n) is 13.8. The molecule has 1 aliphatic heterocycles. The van der Waals surface area contributed by atoms with Crippen molar-refractivity contribution >= 4 is 23.2 Å². The van der Waals surface area contributed by atoms with Gasteiger partial charge in [0.2, 0.25) is 11.8 Å². The Hall–Kier alpha value is -2.08. The first kappa shape index (κ1) is 17.3. The number of rotatable bonds is 6. The molecule has 1 aromatic rings. The number of nitrogens with one attached hydrogen (secondary N) is 2. The summed E-state index contributed by atoms with van der Waals surface area (Å²) in [6.07, 6.45) is 3.39. The molecule has 0 radical (unpaired) electrons. The van der Waals surface area contributed by atoms with E-state index in [1.807, 2.05) is 43.3 Å². The first-order chi connectivity index (χ1) is 11.0. The van der Waals surface area contributed by atoms with Crippen molar-refractivity contribution < 1.29 is 14.3 Å². The molecule has 1 saturated heterocycles. The molecule has 1 unspecified atom stereocenters. The van der Waals surface area contributed by atoms with E-state index in [0.717, 1.165) is 31.6 Å². The number of hydrogen-bond donors (Lipinski definition) is 2. The van der Waals surface area contributed by atoms with Gasteiger partial charge in [0, 0.05) is 32.1 Å². The molecule has 0 aliphatic carbocycles. The molecule has 1 aromatic carbocycles. The Morgan fingerprint density at radius 2 is 1.91 bits per heavy atom. The number of carbonyl (C=O) groups excluding carboxylic acids is 2. The fourth-order valence-corrected chi connectivity index (χ4v) is 2.47. The number of amides is 2. The van der Waals surface area contributed by atoms with Crippen molar-refractivity contribution in [2.75, 3.05) is 37.5 Å². The lowest BCUT2D eigenvalue weighted by Crippen LogP contribution is -2.35. The largest absolute Gasteiger partial charge is 0.378 e. The molecule has 1 heterocycles. The molecule has 6 nitrogen and oxygen atoms in total. The molecule has 0 bridgehead atoms. The van der Waals surface area contributed by atoms with Crippen molar-refractivity contribution in [1.82, 2.24) is 5.32 Å². The van der Waals surface area contributed by atoms with Gasteiger partial charge in [0.1, 0.15) is 0 Å². The Bertz CT molecular complexity index is 522. The van der Waals surface area contributed by atoms with Crippen molar-refractivity contribution in [3.8, 4) is 0 Å². The molecule has 1 aliphatic rings. The number of carbonyl (C=O) groups is 2. The lowest BCUT2D eigenvalue weighted by atomic mass is 10.1. The predicted molar refractivity (Wildman–Crippen MR) is 90.6 cm³/mol. The minimum Gasteiger partial charge on any atom is -0.378 e. The van der Waals surface area contributed by atoms with Gasteiger partial charge in [0.25, 0.3) is 0 Å². The van der Waals surface area contributed by atoms with Crippen molar-refractivity contribution in [2.24, 2.45) is 0 Å². The summed E-state index contributed by atoms with van der Waals surface area (Å²) in [6, 6.07) is 7.53. The van der Waals surface area contributed by atoms with E-state index in [4.69, 9.17) is 4.74 Å². The van der Waals surface area contributed by atoms with Crippen LogP contribution in [0.1, 0.15) is 25.7 Å². The summed E-state index contributed by atoms with van der Waals surface area (Å²) in [5, 5.41) is 5.40. The number of benzene rings is 1. The monoisotopic (exact) mass is 319 g/mol. The van der Waals surface area contributed by atoms with E-state index in [0.29, 0.717) is 12.1 Å². The average Bonchev–Trinajstić information content (AvgIpc) is 2.54. The molecule has 1 atom stereocenters. The summed E-state index contributed by atoms with van der Waals surface area (Å²) in [5.41, 5.74) is 1.77. The van der Waals surface area contributed by atoms with Crippen molar-refractivity contribution in [3.05, 3.63) is 24.3 Å². The Morgan fingerprint density at radius 3 is 2.52 bits per heavy atom. The second-order valence-electron chi connectivity index (χ2n) is 5.96. The maximum Gasteiger partial charge on any atom is 0.243 e. The molecular formula is C17H25N3O3. The maximum absolute atomic E-state index is 11.9. The van der Waals surface area contributed by atoms with Crippen LogP contribution in [-0.4, -0.2) is 45.2 Å². The first-order valence-electron chi connectivity index (χ1n) is 8.00. The second-order valence-corrected chi connectivity index (χ2v) is 5.96. The minimum atomic E-state index is -0.236.